The van der Waals surface area contributed by atoms with Crippen molar-refractivity contribution in [1.82, 2.24) is 5.32 Å². The second-order valence-corrected chi connectivity index (χ2v) is 4.93. The normalized spacial score (nSPS) is 22.2. The molecule has 0 heterocycles. The van der Waals surface area contributed by atoms with Gasteiger partial charge in [0.05, 0.1) is 12.2 Å². The van der Waals surface area contributed by atoms with Gasteiger partial charge >= 0.3 is 0 Å². The maximum absolute atomic E-state index is 13.5. The lowest BCUT2D eigenvalue weighted by atomic mass is 10.1. The zero-order valence-electron chi connectivity index (χ0n) is 9.91. The van der Waals surface area contributed by atoms with Gasteiger partial charge in [-0.05, 0) is 37.0 Å². The van der Waals surface area contributed by atoms with Gasteiger partial charge in [0, 0.05) is 12.6 Å². The lowest BCUT2D eigenvalue weighted by molar-refractivity contribution is 0.000716. The van der Waals surface area contributed by atoms with Crippen molar-refractivity contribution in [2.45, 2.75) is 31.4 Å². The third-order valence-electron chi connectivity index (χ3n) is 3.28. The molecule has 2 unspecified atom stereocenters. The average molecular weight is 239 g/mol. The van der Waals surface area contributed by atoms with E-state index in [1.165, 1.54) is 6.07 Å². The van der Waals surface area contributed by atoms with Crippen molar-refractivity contribution in [1.29, 1.82) is 0 Å². The van der Waals surface area contributed by atoms with Crippen LogP contribution in [0, 0.1) is 5.82 Å². The van der Waals surface area contributed by atoms with Gasteiger partial charge in [0.15, 0.2) is 0 Å². The van der Waals surface area contributed by atoms with Crippen molar-refractivity contribution >= 4 is 0 Å². The molecule has 94 valence electrons. The first-order valence-corrected chi connectivity index (χ1v) is 5.87. The van der Waals surface area contributed by atoms with Gasteiger partial charge < -0.3 is 15.5 Å². The van der Waals surface area contributed by atoms with Crippen LogP contribution in [-0.4, -0.2) is 29.0 Å². The largest absolute Gasteiger partial charge is 0.393 e. The smallest absolute Gasteiger partial charge is 0.126 e. The van der Waals surface area contributed by atoms with Gasteiger partial charge in [-0.2, -0.15) is 0 Å². The summed E-state index contributed by atoms with van der Waals surface area (Å²) >= 11 is 0. The fraction of sp³-hybridized carbons (Fsp3) is 0.538. The number of fused-ring (bicyclic) bond motifs is 1. The summed E-state index contributed by atoms with van der Waals surface area (Å²) in [7, 11) is 0. The number of benzene rings is 1. The van der Waals surface area contributed by atoms with Crippen LogP contribution in [0.2, 0.25) is 0 Å². The van der Waals surface area contributed by atoms with Crippen LogP contribution in [0.25, 0.3) is 0 Å². The molecule has 0 saturated carbocycles. The van der Waals surface area contributed by atoms with Crippen molar-refractivity contribution in [3.63, 3.8) is 0 Å². The van der Waals surface area contributed by atoms with Crippen LogP contribution in [0.15, 0.2) is 18.2 Å². The molecule has 0 saturated heterocycles. The van der Waals surface area contributed by atoms with Gasteiger partial charge in [-0.3, -0.25) is 0 Å². The minimum absolute atomic E-state index is 0.0683. The predicted octanol–water partition coefficient (Wildman–Crippen LogP) is 1.15. The summed E-state index contributed by atoms with van der Waals surface area (Å²) in [5.41, 5.74) is 0.614. The lowest BCUT2D eigenvalue weighted by Crippen LogP contribution is -2.41. The number of rotatable bonds is 4. The molecule has 2 atom stereocenters. The highest BCUT2D eigenvalue weighted by molar-refractivity contribution is 5.35. The highest BCUT2D eigenvalue weighted by Crippen LogP contribution is 2.32. The molecule has 3 nitrogen and oxygen atoms in total. The summed E-state index contributed by atoms with van der Waals surface area (Å²) in [6, 6.07) is 5.17. The standard InChI is InChI=1S/C13H18FNO2/c1-13(17,8-16)7-15-12-6-5-9-10(12)3-2-4-11(9)14/h2-4,12,15-17H,5-8H2,1H3. The number of nitrogens with one attached hydrogen (secondary N) is 1. The maximum Gasteiger partial charge on any atom is 0.126 e. The molecule has 3 N–H and O–H groups in total. The molecule has 2 rings (SSSR count). The Labute approximate surface area is 100 Å². The van der Waals surface area contributed by atoms with E-state index in [2.05, 4.69) is 5.32 Å². The van der Waals surface area contributed by atoms with Crippen molar-refractivity contribution in [2.24, 2.45) is 0 Å². The summed E-state index contributed by atoms with van der Waals surface area (Å²) in [6.07, 6.45) is 1.55. The van der Waals surface area contributed by atoms with Gasteiger partial charge in [-0.1, -0.05) is 12.1 Å². The third kappa shape index (κ3) is 2.65. The van der Waals surface area contributed by atoms with E-state index in [9.17, 15) is 9.50 Å². The average Bonchev–Trinajstić information content (AvgIpc) is 2.71. The number of hydrogen-bond donors (Lipinski definition) is 3. The van der Waals surface area contributed by atoms with Crippen LogP contribution in [0.4, 0.5) is 4.39 Å². The maximum atomic E-state index is 13.5. The van der Waals surface area contributed by atoms with Crippen LogP contribution in [0.3, 0.4) is 0 Å². The number of hydrogen-bond acceptors (Lipinski definition) is 3. The van der Waals surface area contributed by atoms with E-state index in [0.717, 1.165) is 24.0 Å². The van der Waals surface area contributed by atoms with Crippen LogP contribution in [0.1, 0.15) is 30.5 Å². The molecular formula is C13H18FNO2. The SMILES string of the molecule is CC(O)(CO)CNC1CCc2c(F)cccc21. The van der Waals surface area contributed by atoms with Crippen LogP contribution in [-0.2, 0) is 6.42 Å². The Morgan fingerprint density at radius 3 is 3.00 bits per heavy atom. The Morgan fingerprint density at radius 1 is 1.53 bits per heavy atom. The molecule has 0 bridgehead atoms. The number of aliphatic hydroxyl groups is 2. The molecule has 0 aliphatic heterocycles. The predicted molar refractivity (Wildman–Crippen MR) is 63.2 cm³/mol. The topological polar surface area (TPSA) is 52.5 Å². The highest BCUT2D eigenvalue weighted by atomic mass is 19.1. The third-order valence-corrected chi connectivity index (χ3v) is 3.28. The van der Waals surface area contributed by atoms with Crippen LogP contribution >= 0.6 is 0 Å². The minimum atomic E-state index is -1.13. The Kier molecular flexibility index (Phi) is 3.47. The molecule has 0 spiro atoms. The summed E-state index contributed by atoms with van der Waals surface area (Å²) in [6.45, 7) is 1.58. The molecule has 0 radical (unpaired) electrons. The molecule has 1 aliphatic rings. The highest BCUT2D eigenvalue weighted by Gasteiger charge is 2.27. The van der Waals surface area contributed by atoms with Gasteiger partial charge in [0.25, 0.3) is 0 Å². The molecule has 0 fully saturated rings. The first kappa shape index (κ1) is 12.5. The summed E-state index contributed by atoms with van der Waals surface area (Å²) in [5.74, 6) is -0.152. The van der Waals surface area contributed by atoms with Crippen molar-refractivity contribution < 1.29 is 14.6 Å². The molecule has 17 heavy (non-hydrogen) atoms. The molecule has 1 aliphatic carbocycles. The van der Waals surface area contributed by atoms with Crippen molar-refractivity contribution in [3.8, 4) is 0 Å². The molecule has 0 aromatic heterocycles. The monoisotopic (exact) mass is 239 g/mol. The van der Waals surface area contributed by atoms with E-state index in [1.807, 2.05) is 6.07 Å². The summed E-state index contributed by atoms with van der Waals surface area (Å²) in [5, 5.41) is 21.8. The fourth-order valence-corrected chi connectivity index (χ4v) is 2.22. The molecular weight excluding hydrogens is 221 g/mol. The lowest BCUT2D eigenvalue weighted by Gasteiger charge is -2.24. The Balaban J connectivity index is 2.05. The van der Waals surface area contributed by atoms with E-state index >= 15 is 0 Å². The van der Waals surface area contributed by atoms with E-state index in [4.69, 9.17) is 5.11 Å². The molecule has 0 amide bonds. The van der Waals surface area contributed by atoms with Gasteiger partial charge in [0.1, 0.15) is 5.82 Å². The Bertz CT molecular complexity index is 406. The zero-order chi connectivity index (χ0) is 12.5. The minimum Gasteiger partial charge on any atom is -0.393 e. The van der Waals surface area contributed by atoms with E-state index in [-0.39, 0.29) is 18.5 Å². The van der Waals surface area contributed by atoms with Gasteiger partial charge in [-0.15, -0.1) is 0 Å². The Morgan fingerprint density at radius 2 is 2.29 bits per heavy atom. The van der Waals surface area contributed by atoms with E-state index in [0.29, 0.717) is 6.54 Å². The first-order chi connectivity index (χ1) is 8.03. The van der Waals surface area contributed by atoms with E-state index < -0.39 is 5.60 Å². The van der Waals surface area contributed by atoms with Gasteiger partial charge in [0.2, 0.25) is 0 Å². The van der Waals surface area contributed by atoms with Crippen molar-refractivity contribution in [2.75, 3.05) is 13.2 Å². The quantitative estimate of drug-likeness (QED) is 0.738. The molecule has 1 aromatic carbocycles. The number of halogens is 1. The zero-order valence-corrected chi connectivity index (χ0v) is 9.91. The van der Waals surface area contributed by atoms with Crippen molar-refractivity contribution in [3.05, 3.63) is 35.1 Å². The number of aliphatic hydroxyl groups excluding tert-OH is 1. The first-order valence-electron chi connectivity index (χ1n) is 5.87. The fourth-order valence-electron chi connectivity index (χ4n) is 2.22. The summed E-state index contributed by atoms with van der Waals surface area (Å²) < 4.78 is 13.5. The molecule has 1 aromatic rings. The van der Waals surface area contributed by atoms with E-state index in [1.54, 1.807) is 13.0 Å². The van der Waals surface area contributed by atoms with Crippen LogP contribution < -0.4 is 5.32 Å². The second-order valence-electron chi connectivity index (χ2n) is 4.93. The summed E-state index contributed by atoms with van der Waals surface area (Å²) in [4.78, 5) is 0. The second kappa shape index (κ2) is 4.72. The molecule has 4 heteroatoms. The Hall–Kier alpha value is -0.970. The van der Waals surface area contributed by atoms with Crippen LogP contribution in [0.5, 0.6) is 0 Å². The van der Waals surface area contributed by atoms with Gasteiger partial charge in [-0.25, -0.2) is 4.39 Å².